The molecule has 4 heteroatoms. The molecule has 2 heterocycles. The summed E-state index contributed by atoms with van der Waals surface area (Å²) in [5.74, 6) is 0.184. The average Bonchev–Trinajstić information content (AvgIpc) is 2.67. The minimum Gasteiger partial charge on any atom is -0.361 e. The highest BCUT2D eigenvalue weighted by atomic mass is 16.1. The molecule has 1 aliphatic heterocycles. The van der Waals surface area contributed by atoms with Gasteiger partial charge in [-0.1, -0.05) is 6.07 Å². The molecule has 2 aromatic rings. The third-order valence-electron chi connectivity index (χ3n) is 3.21. The van der Waals surface area contributed by atoms with Crippen molar-refractivity contribution in [2.45, 2.75) is 5.92 Å². The molecule has 0 bridgehead atoms. The fourth-order valence-electron chi connectivity index (χ4n) is 2.35. The number of hydrogen-bond donors (Lipinski definition) is 3. The highest BCUT2D eigenvalue weighted by Gasteiger charge is 2.23. The topological polar surface area (TPSA) is 70.9 Å². The molecule has 3 rings (SSSR count). The third kappa shape index (κ3) is 1.17. The SMILES string of the molecule is NC[C@@H]1CNC(=O)c2cccc3[nH]cc1c23. The zero-order valence-electron chi connectivity index (χ0n) is 8.79. The summed E-state index contributed by atoms with van der Waals surface area (Å²) >= 11 is 0. The molecule has 4 nitrogen and oxygen atoms in total. The van der Waals surface area contributed by atoms with Crippen molar-refractivity contribution in [1.82, 2.24) is 10.3 Å². The molecule has 16 heavy (non-hydrogen) atoms. The van der Waals surface area contributed by atoms with E-state index in [9.17, 15) is 4.79 Å². The molecule has 1 amide bonds. The van der Waals surface area contributed by atoms with E-state index in [0.717, 1.165) is 22.0 Å². The first-order valence-electron chi connectivity index (χ1n) is 5.39. The van der Waals surface area contributed by atoms with Crippen LogP contribution in [-0.4, -0.2) is 24.0 Å². The predicted molar refractivity (Wildman–Crippen MR) is 62.4 cm³/mol. The molecule has 1 atom stereocenters. The minimum absolute atomic E-state index is 0.0117. The second-order valence-corrected chi connectivity index (χ2v) is 4.11. The summed E-state index contributed by atoms with van der Waals surface area (Å²) in [7, 11) is 0. The Morgan fingerprint density at radius 3 is 3.12 bits per heavy atom. The highest BCUT2D eigenvalue weighted by molar-refractivity contribution is 6.08. The van der Waals surface area contributed by atoms with Crippen molar-refractivity contribution in [1.29, 1.82) is 0 Å². The van der Waals surface area contributed by atoms with Gasteiger partial charge in [0.1, 0.15) is 0 Å². The normalized spacial score (nSPS) is 19.6. The van der Waals surface area contributed by atoms with Gasteiger partial charge < -0.3 is 16.0 Å². The van der Waals surface area contributed by atoms with Crippen LogP contribution in [0.15, 0.2) is 24.4 Å². The van der Waals surface area contributed by atoms with E-state index in [0.29, 0.717) is 13.1 Å². The molecule has 4 N–H and O–H groups in total. The number of nitrogens with two attached hydrogens (primary N) is 1. The lowest BCUT2D eigenvalue weighted by Gasteiger charge is -2.10. The van der Waals surface area contributed by atoms with Crippen LogP contribution in [0, 0.1) is 0 Å². The Labute approximate surface area is 92.8 Å². The summed E-state index contributed by atoms with van der Waals surface area (Å²) < 4.78 is 0. The Bertz CT molecular complexity index is 558. The van der Waals surface area contributed by atoms with E-state index in [1.807, 2.05) is 24.4 Å². The van der Waals surface area contributed by atoms with Gasteiger partial charge in [0, 0.05) is 41.7 Å². The maximum Gasteiger partial charge on any atom is 0.251 e. The number of benzene rings is 1. The van der Waals surface area contributed by atoms with Crippen molar-refractivity contribution in [3.05, 3.63) is 35.5 Å². The zero-order chi connectivity index (χ0) is 11.1. The van der Waals surface area contributed by atoms with E-state index < -0.39 is 0 Å². The Kier molecular flexibility index (Phi) is 1.97. The summed E-state index contributed by atoms with van der Waals surface area (Å²) in [6, 6.07) is 5.72. The van der Waals surface area contributed by atoms with Crippen LogP contribution in [0.25, 0.3) is 10.9 Å². The van der Waals surface area contributed by atoms with Crippen LogP contribution in [0.1, 0.15) is 21.8 Å². The Hall–Kier alpha value is -1.81. The number of rotatable bonds is 1. The fraction of sp³-hybridized carbons (Fsp3) is 0.250. The number of aromatic nitrogens is 1. The number of carbonyl (C=O) groups is 1. The summed E-state index contributed by atoms with van der Waals surface area (Å²) in [6.07, 6.45) is 1.96. The van der Waals surface area contributed by atoms with Gasteiger partial charge in [-0.15, -0.1) is 0 Å². The smallest absolute Gasteiger partial charge is 0.251 e. The molecule has 0 aliphatic carbocycles. The largest absolute Gasteiger partial charge is 0.361 e. The highest BCUT2D eigenvalue weighted by Crippen LogP contribution is 2.30. The molecule has 1 aromatic carbocycles. The van der Waals surface area contributed by atoms with Crippen molar-refractivity contribution in [3.8, 4) is 0 Å². The molecule has 1 aliphatic rings. The summed E-state index contributed by atoms with van der Waals surface area (Å²) in [5.41, 5.74) is 8.63. The van der Waals surface area contributed by atoms with Gasteiger partial charge in [-0.3, -0.25) is 4.79 Å². The number of amides is 1. The maximum atomic E-state index is 11.9. The van der Waals surface area contributed by atoms with Gasteiger partial charge in [-0.25, -0.2) is 0 Å². The van der Waals surface area contributed by atoms with E-state index in [1.165, 1.54) is 0 Å². The maximum absolute atomic E-state index is 11.9. The Balaban J connectivity index is 2.35. The quantitative estimate of drug-likeness (QED) is 0.663. The number of carbonyl (C=O) groups excluding carboxylic acids is 1. The molecule has 0 unspecified atom stereocenters. The zero-order valence-corrected chi connectivity index (χ0v) is 8.79. The van der Waals surface area contributed by atoms with Gasteiger partial charge in [0.25, 0.3) is 5.91 Å². The Morgan fingerprint density at radius 2 is 2.31 bits per heavy atom. The van der Waals surface area contributed by atoms with E-state index in [-0.39, 0.29) is 11.8 Å². The number of nitrogens with one attached hydrogen (secondary N) is 2. The molecule has 1 aromatic heterocycles. The standard InChI is InChI=1S/C12H13N3O/c13-4-7-5-15-12(16)8-2-1-3-10-11(8)9(7)6-14-10/h1-3,6-7,14H,4-5,13H2,(H,15,16)/t7-/m1/s1. The first-order chi connectivity index (χ1) is 7.81. The fourth-order valence-corrected chi connectivity index (χ4v) is 2.35. The molecule has 82 valence electrons. The van der Waals surface area contributed by atoms with Crippen LogP contribution in [0.5, 0.6) is 0 Å². The second-order valence-electron chi connectivity index (χ2n) is 4.11. The molecular weight excluding hydrogens is 202 g/mol. The van der Waals surface area contributed by atoms with Gasteiger partial charge in [-0.2, -0.15) is 0 Å². The first-order valence-corrected chi connectivity index (χ1v) is 5.39. The van der Waals surface area contributed by atoms with E-state index in [1.54, 1.807) is 0 Å². The molecule has 0 saturated heterocycles. The van der Waals surface area contributed by atoms with Crippen molar-refractivity contribution < 1.29 is 4.79 Å². The van der Waals surface area contributed by atoms with Crippen LogP contribution in [0.3, 0.4) is 0 Å². The lowest BCUT2D eigenvalue weighted by Crippen LogP contribution is -2.29. The van der Waals surface area contributed by atoms with Gasteiger partial charge in [0.15, 0.2) is 0 Å². The summed E-state index contributed by atoms with van der Waals surface area (Å²) in [4.78, 5) is 15.1. The first kappa shape index (κ1) is 9.42. The van der Waals surface area contributed by atoms with Crippen molar-refractivity contribution >= 4 is 16.8 Å². The Morgan fingerprint density at radius 1 is 1.44 bits per heavy atom. The van der Waals surface area contributed by atoms with E-state index in [4.69, 9.17) is 5.73 Å². The molecule has 0 saturated carbocycles. The van der Waals surface area contributed by atoms with Crippen molar-refractivity contribution in [2.24, 2.45) is 5.73 Å². The number of hydrogen-bond acceptors (Lipinski definition) is 2. The monoisotopic (exact) mass is 215 g/mol. The van der Waals surface area contributed by atoms with Gasteiger partial charge in [0.05, 0.1) is 0 Å². The molecule has 0 spiro atoms. The van der Waals surface area contributed by atoms with Gasteiger partial charge in [0.2, 0.25) is 0 Å². The predicted octanol–water partition coefficient (Wildman–Crippen LogP) is 0.954. The molecule has 0 fully saturated rings. The van der Waals surface area contributed by atoms with Crippen LogP contribution >= 0.6 is 0 Å². The molecule has 0 radical (unpaired) electrons. The lowest BCUT2D eigenvalue weighted by molar-refractivity contribution is 0.0955. The van der Waals surface area contributed by atoms with Gasteiger partial charge >= 0.3 is 0 Å². The number of aromatic amines is 1. The third-order valence-corrected chi connectivity index (χ3v) is 3.21. The lowest BCUT2D eigenvalue weighted by atomic mass is 9.98. The van der Waals surface area contributed by atoms with Crippen LogP contribution in [0.2, 0.25) is 0 Å². The van der Waals surface area contributed by atoms with E-state index >= 15 is 0 Å². The average molecular weight is 215 g/mol. The summed E-state index contributed by atoms with van der Waals surface area (Å²) in [6.45, 7) is 1.15. The van der Waals surface area contributed by atoms with Crippen molar-refractivity contribution in [3.63, 3.8) is 0 Å². The van der Waals surface area contributed by atoms with Crippen LogP contribution in [0.4, 0.5) is 0 Å². The number of H-pyrrole nitrogens is 1. The van der Waals surface area contributed by atoms with Crippen molar-refractivity contribution in [2.75, 3.05) is 13.1 Å². The van der Waals surface area contributed by atoms with Crippen LogP contribution in [-0.2, 0) is 0 Å². The second kappa shape index (κ2) is 3.35. The minimum atomic E-state index is -0.0117. The molecular formula is C12H13N3O. The summed E-state index contributed by atoms with van der Waals surface area (Å²) in [5, 5.41) is 3.93. The van der Waals surface area contributed by atoms with E-state index in [2.05, 4.69) is 10.3 Å². The van der Waals surface area contributed by atoms with Gasteiger partial charge in [-0.05, 0) is 17.7 Å². The van der Waals surface area contributed by atoms with Crippen LogP contribution < -0.4 is 11.1 Å².